The number of aliphatic hydroxyl groups excluding tert-OH is 1. The molecule has 2 nitrogen and oxygen atoms in total. The van der Waals surface area contributed by atoms with Crippen LogP contribution in [-0.2, 0) is 0 Å². The van der Waals surface area contributed by atoms with Crippen molar-refractivity contribution in [2.75, 3.05) is 7.11 Å². The monoisotopic (exact) mass is 222 g/mol. The van der Waals surface area contributed by atoms with Crippen LogP contribution in [-0.4, -0.2) is 18.6 Å². The molecular formula is C9H9ClF2O2. The third kappa shape index (κ3) is 2.33. The first-order valence-corrected chi connectivity index (χ1v) is 4.23. The summed E-state index contributed by atoms with van der Waals surface area (Å²) in [7, 11) is 1.37. The Balaban J connectivity index is 3.00. The predicted molar refractivity (Wildman–Crippen MR) is 49.0 cm³/mol. The topological polar surface area (TPSA) is 29.5 Å². The second-order valence-electron chi connectivity index (χ2n) is 2.67. The van der Waals surface area contributed by atoms with E-state index in [2.05, 4.69) is 0 Å². The molecule has 14 heavy (non-hydrogen) atoms. The Morgan fingerprint density at radius 3 is 2.57 bits per heavy atom. The zero-order chi connectivity index (χ0) is 10.7. The highest BCUT2D eigenvalue weighted by atomic mass is 35.5. The molecule has 1 aromatic rings. The SMILES string of the molecule is COc1cc(C(O)C(F)F)ccc1Cl. The standard InChI is InChI=1S/C9H9ClF2O2/c1-14-7-4-5(2-3-6(7)10)8(13)9(11)12/h2-4,8-9,13H,1H3. The number of methoxy groups -OCH3 is 1. The second kappa shape index (κ2) is 4.57. The maximum absolute atomic E-state index is 12.1. The lowest BCUT2D eigenvalue weighted by Gasteiger charge is -2.11. The maximum Gasteiger partial charge on any atom is 0.268 e. The number of rotatable bonds is 3. The Labute approximate surface area is 85.1 Å². The van der Waals surface area contributed by atoms with Crippen molar-refractivity contribution in [3.8, 4) is 5.75 Å². The number of hydrogen-bond acceptors (Lipinski definition) is 2. The average molecular weight is 223 g/mol. The van der Waals surface area contributed by atoms with Crippen LogP contribution in [0.3, 0.4) is 0 Å². The van der Waals surface area contributed by atoms with Gasteiger partial charge in [-0.05, 0) is 17.7 Å². The summed E-state index contributed by atoms with van der Waals surface area (Å²) in [5.74, 6) is 0.267. The number of ether oxygens (including phenoxy) is 1. The molecule has 0 bridgehead atoms. The van der Waals surface area contributed by atoms with E-state index >= 15 is 0 Å². The van der Waals surface area contributed by atoms with Gasteiger partial charge in [0.1, 0.15) is 11.9 Å². The van der Waals surface area contributed by atoms with Gasteiger partial charge in [-0.15, -0.1) is 0 Å². The number of halogens is 3. The lowest BCUT2D eigenvalue weighted by Crippen LogP contribution is -2.07. The highest BCUT2D eigenvalue weighted by molar-refractivity contribution is 6.32. The molecule has 1 N–H and O–H groups in total. The van der Waals surface area contributed by atoms with Gasteiger partial charge in [0.15, 0.2) is 0 Å². The van der Waals surface area contributed by atoms with Crippen molar-refractivity contribution < 1.29 is 18.6 Å². The third-order valence-corrected chi connectivity index (χ3v) is 2.07. The number of benzene rings is 1. The normalized spacial score (nSPS) is 13.0. The van der Waals surface area contributed by atoms with E-state index in [0.717, 1.165) is 0 Å². The molecule has 0 spiro atoms. The average Bonchev–Trinajstić information content (AvgIpc) is 2.17. The summed E-state index contributed by atoms with van der Waals surface area (Å²) in [5.41, 5.74) is 0.0845. The van der Waals surface area contributed by atoms with E-state index in [0.29, 0.717) is 5.02 Å². The van der Waals surface area contributed by atoms with E-state index in [1.54, 1.807) is 0 Å². The molecule has 1 aromatic carbocycles. The summed E-state index contributed by atoms with van der Waals surface area (Å²) in [6.07, 6.45) is -4.62. The first kappa shape index (κ1) is 11.2. The van der Waals surface area contributed by atoms with Crippen LogP contribution in [0.1, 0.15) is 11.7 Å². The van der Waals surface area contributed by atoms with Crippen LogP contribution in [0.2, 0.25) is 5.02 Å². The quantitative estimate of drug-likeness (QED) is 0.852. The summed E-state index contributed by atoms with van der Waals surface area (Å²) >= 11 is 5.69. The first-order valence-electron chi connectivity index (χ1n) is 3.86. The highest BCUT2D eigenvalue weighted by Crippen LogP contribution is 2.29. The molecule has 0 radical (unpaired) electrons. The minimum Gasteiger partial charge on any atom is -0.495 e. The fourth-order valence-corrected chi connectivity index (χ4v) is 1.20. The predicted octanol–water partition coefficient (Wildman–Crippen LogP) is 2.65. The van der Waals surface area contributed by atoms with E-state index in [1.807, 2.05) is 0 Å². The van der Waals surface area contributed by atoms with Crippen LogP contribution in [0.25, 0.3) is 0 Å². The molecule has 0 aliphatic rings. The fraction of sp³-hybridized carbons (Fsp3) is 0.333. The Bertz CT molecular complexity index is 318. The first-order chi connectivity index (χ1) is 6.56. The van der Waals surface area contributed by atoms with Gasteiger partial charge >= 0.3 is 0 Å². The van der Waals surface area contributed by atoms with Crippen LogP contribution in [0.5, 0.6) is 5.75 Å². The second-order valence-corrected chi connectivity index (χ2v) is 3.08. The van der Waals surface area contributed by atoms with Crippen molar-refractivity contribution in [3.63, 3.8) is 0 Å². The molecule has 1 unspecified atom stereocenters. The summed E-state index contributed by atoms with van der Waals surface area (Å²) in [5, 5.41) is 9.38. The summed E-state index contributed by atoms with van der Waals surface area (Å²) in [4.78, 5) is 0. The van der Waals surface area contributed by atoms with Crippen molar-refractivity contribution in [1.82, 2.24) is 0 Å². The van der Waals surface area contributed by atoms with Crippen molar-refractivity contribution >= 4 is 11.6 Å². The Kier molecular flexibility index (Phi) is 3.66. The van der Waals surface area contributed by atoms with Gasteiger partial charge in [-0.25, -0.2) is 8.78 Å². The molecule has 0 aliphatic carbocycles. The molecule has 0 saturated heterocycles. The van der Waals surface area contributed by atoms with Crippen molar-refractivity contribution in [2.45, 2.75) is 12.5 Å². The van der Waals surface area contributed by atoms with Crippen LogP contribution in [0.15, 0.2) is 18.2 Å². The number of hydrogen-bond donors (Lipinski definition) is 1. The largest absolute Gasteiger partial charge is 0.495 e. The molecule has 0 heterocycles. The van der Waals surface area contributed by atoms with Gasteiger partial charge in [-0.1, -0.05) is 17.7 Å². The van der Waals surface area contributed by atoms with Crippen LogP contribution < -0.4 is 4.74 Å². The van der Waals surface area contributed by atoms with E-state index in [-0.39, 0.29) is 11.3 Å². The van der Waals surface area contributed by atoms with Gasteiger partial charge in [0.05, 0.1) is 12.1 Å². The Morgan fingerprint density at radius 1 is 1.43 bits per heavy atom. The van der Waals surface area contributed by atoms with E-state index < -0.39 is 12.5 Å². The van der Waals surface area contributed by atoms with Crippen molar-refractivity contribution in [3.05, 3.63) is 28.8 Å². The van der Waals surface area contributed by atoms with Gasteiger partial charge in [0.25, 0.3) is 6.43 Å². The van der Waals surface area contributed by atoms with Crippen LogP contribution in [0, 0.1) is 0 Å². The van der Waals surface area contributed by atoms with Crippen LogP contribution >= 0.6 is 11.6 Å². The van der Waals surface area contributed by atoms with Gasteiger partial charge < -0.3 is 9.84 Å². The lowest BCUT2D eigenvalue weighted by atomic mass is 10.1. The fourth-order valence-electron chi connectivity index (χ4n) is 1.01. The van der Waals surface area contributed by atoms with Gasteiger partial charge in [0, 0.05) is 0 Å². The van der Waals surface area contributed by atoms with Gasteiger partial charge in [-0.3, -0.25) is 0 Å². The highest BCUT2D eigenvalue weighted by Gasteiger charge is 2.19. The summed E-state index contributed by atoms with van der Waals surface area (Å²) in [6, 6.07) is 4.03. The Hall–Kier alpha value is -0.870. The third-order valence-electron chi connectivity index (χ3n) is 1.76. The van der Waals surface area contributed by atoms with Crippen molar-refractivity contribution in [1.29, 1.82) is 0 Å². The lowest BCUT2D eigenvalue weighted by molar-refractivity contribution is -0.00586. The molecule has 0 aliphatic heterocycles. The smallest absolute Gasteiger partial charge is 0.268 e. The van der Waals surface area contributed by atoms with E-state index in [4.69, 9.17) is 21.4 Å². The zero-order valence-corrected chi connectivity index (χ0v) is 8.13. The van der Waals surface area contributed by atoms with E-state index in [9.17, 15) is 8.78 Å². The Morgan fingerprint density at radius 2 is 2.07 bits per heavy atom. The molecule has 0 amide bonds. The van der Waals surface area contributed by atoms with Gasteiger partial charge in [0.2, 0.25) is 0 Å². The molecule has 0 fully saturated rings. The summed E-state index contributed by atoms with van der Waals surface area (Å²) in [6.45, 7) is 0. The molecule has 0 saturated carbocycles. The molecule has 5 heteroatoms. The molecule has 0 aromatic heterocycles. The molecule has 1 atom stereocenters. The number of aliphatic hydroxyl groups is 1. The number of alkyl halides is 2. The van der Waals surface area contributed by atoms with E-state index in [1.165, 1.54) is 25.3 Å². The maximum atomic E-state index is 12.1. The minimum absolute atomic E-state index is 0.0845. The minimum atomic E-state index is -2.82. The van der Waals surface area contributed by atoms with Gasteiger partial charge in [-0.2, -0.15) is 0 Å². The zero-order valence-electron chi connectivity index (χ0n) is 7.38. The van der Waals surface area contributed by atoms with Crippen molar-refractivity contribution in [2.24, 2.45) is 0 Å². The molecular weight excluding hydrogens is 214 g/mol. The summed E-state index contributed by atoms with van der Waals surface area (Å²) < 4.78 is 29.1. The molecule has 78 valence electrons. The van der Waals surface area contributed by atoms with Crippen LogP contribution in [0.4, 0.5) is 8.78 Å². The molecule has 1 rings (SSSR count).